The lowest BCUT2D eigenvalue weighted by Gasteiger charge is -2.61. The summed E-state index contributed by atoms with van der Waals surface area (Å²) in [5.41, 5.74) is 0.352. The number of carbonyl (C=O) groups is 4. The number of aliphatic hydroxyl groups excluding tert-OH is 1. The van der Waals surface area contributed by atoms with Gasteiger partial charge in [-0.2, -0.15) is 0 Å². The van der Waals surface area contributed by atoms with Crippen molar-refractivity contribution in [2.75, 3.05) is 13.6 Å². The summed E-state index contributed by atoms with van der Waals surface area (Å²) in [4.78, 5) is 53.2. The van der Waals surface area contributed by atoms with Crippen molar-refractivity contribution in [2.45, 2.75) is 115 Å². The molecule has 4 aliphatic rings. The number of ether oxygens (including phenoxy) is 4. The smallest absolute Gasteiger partial charge is 0.349 e. The number of esters is 3. The minimum atomic E-state index is -1.64. The van der Waals surface area contributed by atoms with Crippen LogP contribution in [0.15, 0.2) is 24.0 Å². The number of rotatable bonds is 12. The molecule has 1 saturated heterocycles. The Morgan fingerprint density at radius 1 is 1.14 bits per heavy atom. The summed E-state index contributed by atoms with van der Waals surface area (Å²) in [5.74, 6) is -3.51. The summed E-state index contributed by atoms with van der Waals surface area (Å²) in [6.07, 6.45) is 2.18. The summed E-state index contributed by atoms with van der Waals surface area (Å²) in [6.45, 7) is 6.40. The number of likely N-dealkylation sites (tertiary alicyclic amines) is 1. The lowest BCUT2D eigenvalue weighted by Crippen LogP contribution is -2.74. The summed E-state index contributed by atoms with van der Waals surface area (Å²) in [6, 6.07) is 3.61. The Bertz CT molecular complexity index is 1370. The predicted octanol–water partition coefficient (Wildman–Crippen LogP) is 2.65. The van der Waals surface area contributed by atoms with Gasteiger partial charge in [0.25, 0.3) is 0 Å². The zero-order valence-electron chi connectivity index (χ0n) is 26.1. The topological polar surface area (TPSA) is 149 Å². The van der Waals surface area contributed by atoms with E-state index in [2.05, 4.69) is 4.90 Å². The molecule has 0 radical (unpaired) electrons. The van der Waals surface area contributed by atoms with Gasteiger partial charge >= 0.3 is 17.9 Å². The van der Waals surface area contributed by atoms with Gasteiger partial charge in [0.15, 0.2) is 18.0 Å². The minimum absolute atomic E-state index is 0.192. The van der Waals surface area contributed by atoms with Gasteiger partial charge in [-0.25, -0.2) is 4.79 Å². The standard InChI is InChI=1S/C33H43NO10/c1-6-7-8-9-23(37)19(3)41-31(39)27(42-20(4)36)18(2)30(38)43-24-12-13-33(40)25-16-21-10-11-22(17-35)28-26(21)32(33,29(24)44-28)14-15-34(25)5/h10-12,18-19,25,27,29,35,40H,6-9,13-17H2,1-5H3/t18-,19+,25-,27-,29+,32+,33-/m1/s1. The summed E-state index contributed by atoms with van der Waals surface area (Å²) in [5, 5.41) is 22.4. The molecule has 0 unspecified atom stereocenters. The molecule has 1 fully saturated rings. The van der Waals surface area contributed by atoms with Crippen molar-refractivity contribution in [1.29, 1.82) is 0 Å². The van der Waals surface area contributed by atoms with E-state index in [1.54, 1.807) is 6.08 Å². The van der Waals surface area contributed by atoms with E-state index in [0.717, 1.165) is 30.9 Å². The molecule has 2 aliphatic carbocycles. The molecule has 0 aromatic heterocycles. The van der Waals surface area contributed by atoms with Gasteiger partial charge in [0, 0.05) is 36.9 Å². The van der Waals surface area contributed by atoms with Crippen LogP contribution in [0.3, 0.4) is 0 Å². The van der Waals surface area contributed by atoms with Crippen LogP contribution < -0.4 is 4.74 Å². The van der Waals surface area contributed by atoms with Crippen molar-refractivity contribution in [3.63, 3.8) is 0 Å². The van der Waals surface area contributed by atoms with E-state index >= 15 is 0 Å². The van der Waals surface area contributed by atoms with Crippen LogP contribution in [0.4, 0.5) is 0 Å². The number of carbonyl (C=O) groups excluding carboxylic acids is 4. The first kappa shape index (κ1) is 32.1. The molecule has 5 rings (SSSR count). The van der Waals surface area contributed by atoms with Crippen LogP contribution in [0.1, 0.15) is 82.9 Å². The molecule has 7 atom stereocenters. The highest BCUT2D eigenvalue weighted by molar-refractivity contribution is 5.89. The molecule has 2 heterocycles. The van der Waals surface area contributed by atoms with Crippen LogP contribution in [0, 0.1) is 5.92 Å². The highest BCUT2D eigenvalue weighted by Gasteiger charge is 2.72. The fourth-order valence-corrected chi connectivity index (χ4v) is 7.56. The summed E-state index contributed by atoms with van der Waals surface area (Å²) < 4.78 is 23.0. The highest BCUT2D eigenvalue weighted by atomic mass is 16.6. The molecule has 11 heteroatoms. The minimum Gasteiger partial charge on any atom is -0.481 e. The fraction of sp³-hybridized carbons (Fsp3) is 0.636. The number of hydrogen-bond acceptors (Lipinski definition) is 11. The number of unbranched alkanes of at least 4 members (excludes halogenated alkanes) is 2. The Hall–Kier alpha value is -3.28. The first-order chi connectivity index (χ1) is 20.9. The monoisotopic (exact) mass is 613 g/mol. The number of benzene rings is 1. The fourth-order valence-electron chi connectivity index (χ4n) is 7.56. The van der Waals surface area contributed by atoms with Gasteiger partial charge in [-0.05, 0) is 58.3 Å². The third-order valence-corrected chi connectivity index (χ3v) is 9.97. The average Bonchev–Trinajstić information content (AvgIpc) is 3.34. The SMILES string of the molecule is CCCCCC(=O)[C@H](C)OC(=O)[C@H](OC(C)=O)[C@@H](C)C(=O)OC1=CC[C@@]2(O)[C@H]3Cc4ccc(CO)c5c4[C@@]2(CCN3C)[C@H]1O5. The zero-order chi connectivity index (χ0) is 32.0. The van der Waals surface area contributed by atoms with Gasteiger partial charge in [0.1, 0.15) is 17.4 Å². The van der Waals surface area contributed by atoms with Gasteiger partial charge < -0.3 is 34.1 Å². The van der Waals surface area contributed by atoms with E-state index in [4.69, 9.17) is 18.9 Å². The molecule has 2 bridgehead atoms. The van der Waals surface area contributed by atoms with E-state index in [1.807, 2.05) is 26.1 Å². The second-order valence-corrected chi connectivity index (χ2v) is 12.6. The lowest BCUT2D eigenvalue weighted by atomic mass is 9.50. The number of piperidine rings is 1. The Morgan fingerprint density at radius 2 is 1.89 bits per heavy atom. The molecule has 0 saturated carbocycles. The van der Waals surface area contributed by atoms with Gasteiger partial charge in [-0.1, -0.05) is 31.9 Å². The van der Waals surface area contributed by atoms with E-state index in [0.29, 0.717) is 37.1 Å². The van der Waals surface area contributed by atoms with Crippen molar-refractivity contribution in [3.05, 3.63) is 40.7 Å². The van der Waals surface area contributed by atoms with Crippen molar-refractivity contribution in [3.8, 4) is 5.75 Å². The number of hydrogen-bond donors (Lipinski definition) is 2. The molecule has 44 heavy (non-hydrogen) atoms. The van der Waals surface area contributed by atoms with Gasteiger partial charge in [-0.3, -0.25) is 14.4 Å². The second kappa shape index (κ2) is 12.3. The Labute approximate surface area is 257 Å². The van der Waals surface area contributed by atoms with E-state index in [1.165, 1.54) is 13.8 Å². The van der Waals surface area contributed by atoms with Crippen LogP contribution in [0.25, 0.3) is 0 Å². The summed E-state index contributed by atoms with van der Waals surface area (Å²) >= 11 is 0. The van der Waals surface area contributed by atoms with E-state index in [9.17, 15) is 29.4 Å². The van der Waals surface area contributed by atoms with Gasteiger partial charge in [-0.15, -0.1) is 0 Å². The zero-order valence-corrected chi connectivity index (χ0v) is 26.1. The molecular formula is C33H43NO10. The second-order valence-electron chi connectivity index (χ2n) is 12.6. The molecular weight excluding hydrogens is 570 g/mol. The number of nitrogens with zero attached hydrogens (tertiary/aromatic N) is 1. The predicted molar refractivity (Wildman–Crippen MR) is 156 cm³/mol. The van der Waals surface area contributed by atoms with Crippen LogP contribution >= 0.6 is 0 Å². The molecule has 2 aliphatic heterocycles. The first-order valence-electron chi connectivity index (χ1n) is 15.6. The maximum atomic E-state index is 13.6. The number of Topliss-reactive ketones (excluding diaryl/α,β-unsaturated/α-hetero) is 1. The van der Waals surface area contributed by atoms with Crippen molar-refractivity contribution in [1.82, 2.24) is 4.90 Å². The molecule has 11 nitrogen and oxygen atoms in total. The third-order valence-electron chi connectivity index (χ3n) is 9.97. The number of likely N-dealkylation sites (N-methyl/N-ethyl adjacent to an activating group) is 1. The van der Waals surface area contributed by atoms with E-state index in [-0.39, 0.29) is 37.0 Å². The molecule has 1 aromatic carbocycles. The van der Waals surface area contributed by atoms with Crippen LogP contribution in [0.2, 0.25) is 0 Å². The van der Waals surface area contributed by atoms with Crippen LogP contribution in [-0.4, -0.2) is 82.4 Å². The Morgan fingerprint density at radius 3 is 2.57 bits per heavy atom. The molecule has 1 aromatic rings. The lowest BCUT2D eigenvalue weighted by molar-refractivity contribution is -0.181. The van der Waals surface area contributed by atoms with Crippen LogP contribution in [-0.2, 0) is 51.8 Å². The summed E-state index contributed by atoms with van der Waals surface area (Å²) in [7, 11) is 1.99. The van der Waals surface area contributed by atoms with Gasteiger partial charge in [0.05, 0.1) is 17.6 Å². The number of aliphatic hydroxyl groups is 2. The molecule has 2 N–H and O–H groups in total. The van der Waals surface area contributed by atoms with Crippen LogP contribution in [0.5, 0.6) is 5.75 Å². The third kappa shape index (κ3) is 5.12. The molecule has 1 spiro atoms. The first-order valence-corrected chi connectivity index (χ1v) is 15.6. The van der Waals surface area contributed by atoms with Crippen molar-refractivity contribution in [2.24, 2.45) is 5.92 Å². The van der Waals surface area contributed by atoms with Gasteiger partial charge in [0.2, 0.25) is 6.10 Å². The normalized spacial score (nSPS) is 28.5. The highest BCUT2D eigenvalue weighted by Crippen LogP contribution is 2.64. The van der Waals surface area contributed by atoms with Crippen molar-refractivity contribution < 1.29 is 48.3 Å². The molecule has 240 valence electrons. The maximum Gasteiger partial charge on any atom is 0.349 e. The maximum absolute atomic E-state index is 13.6. The average molecular weight is 614 g/mol. The number of ketones is 1. The van der Waals surface area contributed by atoms with E-state index < -0.39 is 53.2 Å². The largest absolute Gasteiger partial charge is 0.481 e. The molecule has 0 amide bonds. The quantitative estimate of drug-likeness (QED) is 0.204. The Balaban J connectivity index is 1.39. The Kier molecular flexibility index (Phi) is 8.94. The van der Waals surface area contributed by atoms with Crippen molar-refractivity contribution >= 4 is 23.7 Å².